The van der Waals surface area contributed by atoms with Crippen molar-refractivity contribution in [3.63, 3.8) is 0 Å². The van der Waals surface area contributed by atoms with Crippen LogP contribution in [0.3, 0.4) is 0 Å². The van der Waals surface area contributed by atoms with E-state index in [9.17, 15) is 0 Å². The minimum Gasteiger partial charge on any atom is -0.399 e. The van der Waals surface area contributed by atoms with Gasteiger partial charge in [0.1, 0.15) is 0 Å². The van der Waals surface area contributed by atoms with Crippen molar-refractivity contribution in [2.75, 3.05) is 18.9 Å². The summed E-state index contributed by atoms with van der Waals surface area (Å²) >= 11 is 0. The Labute approximate surface area is 113 Å². The molecule has 0 amide bonds. The quantitative estimate of drug-likeness (QED) is 0.404. The van der Waals surface area contributed by atoms with Gasteiger partial charge in [-0.15, -0.1) is 0 Å². The molecule has 0 bridgehead atoms. The van der Waals surface area contributed by atoms with Crippen molar-refractivity contribution in [3.05, 3.63) is 29.3 Å². The number of aliphatic hydroxyl groups is 1. The average molecular weight is 292 g/mol. The van der Waals surface area contributed by atoms with Gasteiger partial charge in [0.15, 0.2) is 0 Å². The topological polar surface area (TPSA) is 133 Å². The third-order valence-corrected chi connectivity index (χ3v) is 2.36. The molecular weight excluding hydrogens is 272 g/mol. The van der Waals surface area contributed by atoms with Crippen LogP contribution in [0, 0.1) is 6.92 Å². The number of hydrogen-bond acceptors (Lipinski definition) is 5. The van der Waals surface area contributed by atoms with Crippen LogP contribution >= 0.6 is 0 Å². The highest BCUT2D eigenvalue weighted by Crippen LogP contribution is 2.18. The van der Waals surface area contributed by atoms with Crippen LogP contribution in [-0.4, -0.2) is 35.8 Å². The molecule has 1 rings (SSSR count). The molecule has 1 atom stereocenters. The molecule has 1 unspecified atom stereocenters. The summed E-state index contributed by atoms with van der Waals surface area (Å²) in [5.41, 5.74) is 8.85. The van der Waals surface area contributed by atoms with Crippen molar-refractivity contribution in [3.8, 4) is 0 Å². The van der Waals surface area contributed by atoms with Gasteiger partial charge in [0.05, 0.1) is 6.61 Å². The Morgan fingerprint density at radius 2 is 1.89 bits per heavy atom. The molecule has 0 fully saturated rings. The van der Waals surface area contributed by atoms with Crippen molar-refractivity contribution in [1.82, 2.24) is 5.32 Å². The second-order valence-electron chi connectivity index (χ2n) is 3.96. The molecule has 8 heteroatoms. The summed E-state index contributed by atoms with van der Waals surface area (Å²) < 4.78 is 31.6. The molecule has 0 spiro atoms. The van der Waals surface area contributed by atoms with E-state index >= 15 is 0 Å². The Kier molecular flexibility index (Phi) is 7.57. The van der Waals surface area contributed by atoms with E-state index in [0.29, 0.717) is 6.54 Å². The lowest BCUT2D eigenvalue weighted by Crippen LogP contribution is -2.22. The molecule has 0 aromatic heterocycles. The maximum Gasteiger partial charge on any atom is 0.394 e. The number of aliphatic hydroxyl groups excluding tert-OH is 1. The smallest absolute Gasteiger partial charge is 0.394 e. The summed E-state index contributed by atoms with van der Waals surface area (Å²) in [6.45, 7) is 4.85. The summed E-state index contributed by atoms with van der Waals surface area (Å²) in [5.74, 6) is 0. The fourth-order valence-electron chi connectivity index (χ4n) is 1.37. The molecule has 0 radical (unpaired) electrons. The molecule has 110 valence electrons. The first-order valence-corrected chi connectivity index (χ1v) is 6.95. The van der Waals surface area contributed by atoms with Gasteiger partial charge in [-0.2, -0.15) is 8.42 Å². The molecule has 0 heterocycles. The van der Waals surface area contributed by atoms with Gasteiger partial charge in [0.25, 0.3) is 0 Å². The first-order valence-electron chi connectivity index (χ1n) is 5.55. The molecular formula is C11H20N2O5S. The third kappa shape index (κ3) is 9.40. The lowest BCUT2D eigenvalue weighted by molar-refractivity contribution is 0.286. The Balaban J connectivity index is 0.000000555. The van der Waals surface area contributed by atoms with Gasteiger partial charge in [-0.25, -0.2) is 0 Å². The Bertz CT molecular complexity index is 482. The molecule has 6 N–H and O–H groups in total. The molecule has 0 aliphatic rings. The summed E-state index contributed by atoms with van der Waals surface area (Å²) in [4.78, 5) is 0. The van der Waals surface area contributed by atoms with Gasteiger partial charge in [-0.1, -0.05) is 12.1 Å². The lowest BCUT2D eigenvalue weighted by Gasteiger charge is -2.14. The zero-order chi connectivity index (χ0) is 15.1. The highest BCUT2D eigenvalue weighted by Gasteiger charge is 2.04. The molecule has 0 saturated carbocycles. The van der Waals surface area contributed by atoms with Crippen LogP contribution < -0.4 is 11.1 Å². The monoisotopic (exact) mass is 292 g/mol. The highest BCUT2D eigenvalue weighted by atomic mass is 32.3. The van der Waals surface area contributed by atoms with Gasteiger partial charge in [-0.05, 0) is 31.0 Å². The van der Waals surface area contributed by atoms with Crippen molar-refractivity contribution >= 4 is 16.1 Å². The van der Waals surface area contributed by atoms with Crippen LogP contribution in [0.2, 0.25) is 0 Å². The fraction of sp³-hybridized carbons (Fsp3) is 0.455. The maximum absolute atomic E-state index is 8.74. The molecule has 19 heavy (non-hydrogen) atoms. The maximum atomic E-state index is 8.74. The number of hydrogen-bond donors (Lipinski definition) is 5. The Morgan fingerprint density at radius 3 is 2.32 bits per heavy atom. The van der Waals surface area contributed by atoms with Crippen LogP contribution in [-0.2, 0) is 10.4 Å². The van der Waals surface area contributed by atoms with Crippen LogP contribution in [0.1, 0.15) is 24.1 Å². The predicted octanol–water partition coefficient (Wildman–Crippen LogP) is 0.567. The van der Waals surface area contributed by atoms with Crippen molar-refractivity contribution in [2.45, 2.75) is 19.9 Å². The van der Waals surface area contributed by atoms with Gasteiger partial charge < -0.3 is 16.2 Å². The van der Waals surface area contributed by atoms with Gasteiger partial charge >= 0.3 is 10.4 Å². The lowest BCUT2D eigenvalue weighted by atomic mass is 10.0. The van der Waals surface area contributed by atoms with E-state index in [1.165, 1.54) is 5.56 Å². The van der Waals surface area contributed by atoms with E-state index < -0.39 is 10.4 Å². The van der Waals surface area contributed by atoms with Crippen LogP contribution in [0.25, 0.3) is 0 Å². The molecule has 0 aliphatic heterocycles. The first-order chi connectivity index (χ1) is 8.65. The average Bonchev–Trinajstić information content (AvgIpc) is 2.27. The zero-order valence-electron chi connectivity index (χ0n) is 10.9. The number of benzene rings is 1. The second kappa shape index (κ2) is 8.08. The number of nitrogen functional groups attached to an aromatic ring is 1. The van der Waals surface area contributed by atoms with Crippen LogP contribution in [0.15, 0.2) is 18.2 Å². The van der Waals surface area contributed by atoms with Gasteiger partial charge in [0.2, 0.25) is 0 Å². The van der Waals surface area contributed by atoms with E-state index in [1.807, 2.05) is 19.1 Å². The molecule has 0 aliphatic carbocycles. The molecule has 0 saturated heterocycles. The van der Waals surface area contributed by atoms with E-state index in [4.69, 9.17) is 28.4 Å². The third-order valence-electron chi connectivity index (χ3n) is 2.36. The van der Waals surface area contributed by atoms with E-state index in [-0.39, 0.29) is 12.6 Å². The molecule has 1 aromatic carbocycles. The van der Waals surface area contributed by atoms with Crippen LogP contribution in [0.5, 0.6) is 0 Å². The van der Waals surface area contributed by atoms with Gasteiger partial charge in [-0.3, -0.25) is 9.11 Å². The standard InChI is InChI=1S/C11H18N2O.H2O4S/c1-8-7-10(3-4-11(8)12)9(2)13-5-6-14;1-5(2,3)4/h3-4,7,9,13-14H,5-6,12H2,1-2H3;(H2,1,2,3,4). The molecule has 7 nitrogen and oxygen atoms in total. The Morgan fingerprint density at radius 1 is 1.37 bits per heavy atom. The summed E-state index contributed by atoms with van der Waals surface area (Å²) in [6.07, 6.45) is 0. The van der Waals surface area contributed by atoms with Crippen LogP contribution in [0.4, 0.5) is 5.69 Å². The molecule has 1 aromatic rings. The second-order valence-corrected chi connectivity index (χ2v) is 4.86. The van der Waals surface area contributed by atoms with E-state index in [2.05, 4.69) is 18.3 Å². The predicted molar refractivity (Wildman–Crippen MR) is 73.3 cm³/mol. The van der Waals surface area contributed by atoms with Gasteiger partial charge in [0, 0.05) is 18.3 Å². The normalized spacial score (nSPS) is 12.5. The zero-order valence-corrected chi connectivity index (χ0v) is 11.7. The fourth-order valence-corrected chi connectivity index (χ4v) is 1.37. The van der Waals surface area contributed by atoms with Crippen molar-refractivity contribution < 1.29 is 22.6 Å². The largest absolute Gasteiger partial charge is 0.399 e. The number of anilines is 1. The number of nitrogens with one attached hydrogen (secondary N) is 1. The minimum atomic E-state index is -4.67. The minimum absolute atomic E-state index is 0.165. The number of nitrogens with two attached hydrogens (primary N) is 1. The summed E-state index contributed by atoms with van der Waals surface area (Å²) in [5, 5.41) is 11.9. The summed E-state index contributed by atoms with van der Waals surface area (Å²) in [7, 11) is -4.67. The SMILES string of the molecule is Cc1cc(C(C)NCCO)ccc1N.O=S(=O)(O)O. The number of aryl methyl sites for hydroxylation is 1. The van der Waals surface area contributed by atoms with Crippen molar-refractivity contribution in [1.29, 1.82) is 0 Å². The Hall–Kier alpha value is -1.19. The van der Waals surface area contributed by atoms with E-state index in [0.717, 1.165) is 11.3 Å². The van der Waals surface area contributed by atoms with Crippen molar-refractivity contribution in [2.24, 2.45) is 0 Å². The highest BCUT2D eigenvalue weighted by molar-refractivity contribution is 7.79. The summed E-state index contributed by atoms with van der Waals surface area (Å²) in [6, 6.07) is 6.25. The first kappa shape index (κ1) is 17.8. The van der Waals surface area contributed by atoms with E-state index in [1.54, 1.807) is 0 Å². The number of rotatable bonds is 4.